The highest BCUT2D eigenvalue weighted by molar-refractivity contribution is 7.99. The molecule has 1 heterocycles. The van der Waals surface area contributed by atoms with Gasteiger partial charge in [0.15, 0.2) is 5.16 Å². The maximum Gasteiger partial charge on any atom is 0.230 e. The third-order valence-corrected chi connectivity index (χ3v) is 5.27. The van der Waals surface area contributed by atoms with E-state index in [1.54, 1.807) is 0 Å². The van der Waals surface area contributed by atoms with Gasteiger partial charge < -0.3 is 5.32 Å². The van der Waals surface area contributed by atoms with Crippen molar-refractivity contribution in [2.24, 2.45) is 0 Å². The third kappa shape index (κ3) is 3.76. The molecule has 0 spiro atoms. The molecule has 0 atom stereocenters. The zero-order chi connectivity index (χ0) is 14.7. The molecule has 114 valence electrons. The molecule has 3 rings (SSSR count). The van der Waals surface area contributed by atoms with E-state index in [4.69, 9.17) is 0 Å². The Hall–Kier alpha value is -1.10. The Bertz CT molecular complexity index is 526. The van der Waals surface area contributed by atoms with Crippen LogP contribution in [0.1, 0.15) is 55.5 Å². The van der Waals surface area contributed by atoms with E-state index >= 15 is 0 Å². The molecule has 1 N–H and O–H groups in total. The van der Waals surface area contributed by atoms with Crippen molar-refractivity contribution >= 4 is 17.7 Å². The number of nitrogens with zero attached hydrogens (tertiary/aromatic N) is 2. The van der Waals surface area contributed by atoms with E-state index in [-0.39, 0.29) is 5.91 Å². The Morgan fingerprint density at radius 2 is 2.00 bits per heavy atom. The molecule has 4 nitrogen and oxygen atoms in total. The second-order valence-corrected chi connectivity index (χ2v) is 7.00. The minimum absolute atomic E-state index is 0.119. The lowest BCUT2D eigenvalue weighted by atomic mass is 9.95. The molecule has 1 amide bonds. The predicted molar refractivity (Wildman–Crippen MR) is 84.5 cm³/mol. The third-order valence-electron chi connectivity index (χ3n) is 4.42. The monoisotopic (exact) mass is 305 g/mol. The molecule has 1 aromatic rings. The Kier molecular flexibility index (Phi) is 4.78. The fourth-order valence-electron chi connectivity index (χ4n) is 3.30. The van der Waals surface area contributed by atoms with Crippen molar-refractivity contribution in [3.63, 3.8) is 0 Å². The van der Waals surface area contributed by atoms with Gasteiger partial charge in [0.05, 0.1) is 5.75 Å². The maximum absolute atomic E-state index is 12.0. The fourth-order valence-corrected chi connectivity index (χ4v) is 4.02. The number of fused-ring (bicyclic) bond motifs is 1. The number of amides is 1. The highest BCUT2D eigenvalue weighted by Gasteiger charge is 2.19. The summed E-state index contributed by atoms with van der Waals surface area (Å²) in [5.41, 5.74) is 3.61. The van der Waals surface area contributed by atoms with Gasteiger partial charge in [-0.2, -0.15) is 0 Å². The number of thioether (sulfide) groups is 1. The van der Waals surface area contributed by atoms with Crippen LogP contribution in [0.15, 0.2) is 5.16 Å². The Labute approximate surface area is 130 Å². The first kappa shape index (κ1) is 14.8. The number of rotatable bonds is 4. The number of hydrogen-bond donors (Lipinski definition) is 1. The lowest BCUT2D eigenvalue weighted by molar-refractivity contribution is -0.119. The van der Waals surface area contributed by atoms with Gasteiger partial charge in [-0.1, -0.05) is 31.0 Å². The standard InChI is InChI=1S/C16H23N3OS/c1-11-13-8-5-9-14(13)19-16(17-11)21-10-15(20)18-12-6-3-2-4-7-12/h12H,2-10H2,1H3,(H,18,20). The van der Waals surface area contributed by atoms with Crippen molar-refractivity contribution < 1.29 is 4.79 Å². The number of carbonyl (C=O) groups excluding carboxylic acids is 1. The summed E-state index contributed by atoms with van der Waals surface area (Å²) >= 11 is 1.46. The van der Waals surface area contributed by atoms with Crippen LogP contribution >= 0.6 is 11.8 Å². The maximum atomic E-state index is 12.0. The first-order chi connectivity index (χ1) is 10.2. The van der Waals surface area contributed by atoms with E-state index in [9.17, 15) is 4.79 Å². The molecule has 2 aliphatic carbocycles. The molecule has 0 aromatic carbocycles. The molecule has 21 heavy (non-hydrogen) atoms. The number of carbonyl (C=O) groups is 1. The number of nitrogens with one attached hydrogen (secondary N) is 1. The molecule has 0 aliphatic heterocycles. The summed E-state index contributed by atoms with van der Waals surface area (Å²) in [6.07, 6.45) is 9.39. The largest absolute Gasteiger partial charge is 0.353 e. The van der Waals surface area contributed by atoms with Crippen LogP contribution in [0.3, 0.4) is 0 Å². The molecule has 1 saturated carbocycles. The SMILES string of the molecule is Cc1nc(SCC(=O)NC2CCCCC2)nc2c1CCC2. The van der Waals surface area contributed by atoms with Crippen LogP contribution in [0, 0.1) is 6.92 Å². The second kappa shape index (κ2) is 6.77. The van der Waals surface area contributed by atoms with E-state index in [0.29, 0.717) is 11.8 Å². The van der Waals surface area contributed by atoms with Crippen LogP contribution in [0.25, 0.3) is 0 Å². The molecule has 0 unspecified atom stereocenters. The normalized spacial score (nSPS) is 18.5. The average Bonchev–Trinajstić information content (AvgIpc) is 2.95. The van der Waals surface area contributed by atoms with Crippen molar-refractivity contribution in [1.29, 1.82) is 0 Å². The van der Waals surface area contributed by atoms with Crippen molar-refractivity contribution in [1.82, 2.24) is 15.3 Å². The van der Waals surface area contributed by atoms with Crippen molar-refractivity contribution in [2.75, 3.05) is 5.75 Å². The Morgan fingerprint density at radius 3 is 2.81 bits per heavy atom. The summed E-state index contributed by atoms with van der Waals surface area (Å²) < 4.78 is 0. The summed E-state index contributed by atoms with van der Waals surface area (Å²) in [5, 5.41) is 3.90. The quantitative estimate of drug-likeness (QED) is 0.686. The van der Waals surface area contributed by atoms with Crippen LogP contribution in [0.5, 0.6) is 0 Å². The first-order valence-electron chi connectivity index (χ1n) is 8.01. The number of hydrogen-bond acceptors (Lipinski definition) is 4. The van der Waals surface area contributed by atoms with Gasteiger partial charge in [-0.05, 0) is 44.6 Å². The lowest BCUT2D eigenvalue weighted by Gasteiger charge is -2.22. The molecule has 0 bridgehead atoms. The molecule has 1 fully saturated rings. The minimum Gasteiger partial charge on any atom is -0.353 e. The van der Waals surface area contributed by atoms with E-state index in [2.05, 4.69) is 22.2 Å². The van der Waals surface area contributed by atoms with E-state index in [0.717, 1.165) is 36.5 Å². The van der Waals surface area contributed by atoms with E-state index in [1.165, 1.54) is 48.7 Å². The van der Waals surface area contributed by atoms with Gasteiger partial charge in [-0.25, -0.2) is 9.97 Å². The van der Waals surface area contributed by atoms with Crippen LogP contribution in [-0.4, -0.2) is 27.7 Å². The van der Waals surface area contributed by atoms with Gasteiger partial charge in [-0.3, -0.25) is 4.79 Å². The summed E-state index contributed by atoms with van der Waals surface area (Å²) in [5.74, 6) is 0.544. The van der Waals surface area contributed by atoms with Gasteiger partial charge in [0, 0.05) is 17.4 Å². The Morgan fingerprint density at radius 1 is 1.19 bits per heavy atom. The van der Waals surface area contributed by atoms with Gasteiger partial charge in [-0.15, -0.1) is 0 Å². The first-order valence-corrected chi connectivity index (χ1v) is 8.99. The summed E-state index contributed by atoms with van der Waals surface area (Å²) in [6.45, 7) is 2.05. The molecular weight excluding hydrogens is 282 g/mol. The van der Waals surface area contributed by atoms with Crippen molar-refractivity contribution in [3.8, 4) is 0 Å². The summed E-state index contributed by atoms with van der Waals surface area (Å²) in [6, 6.07) is 0.384. The van der Waals surface area contributed by atoms with Crippen LogP contribution < -0.4 is 5.32 Å². The zero-order valence-corrected chi connectivity index (χ0v) is 13.5. The summed E-state index contributed by atoms with van der Waals surface area (Å²) in [4.78, 5) is 21.2. The topological polar surface area (TPSA) is 54.9 Å². The van der Waals surface area contributed by atoms with Crippen LogP contribution in [-0.2, 0) is 17.6 Å². The number of aromatic nitrogens is 2. The average molecular weight is 305 g/mol. The van der Waals surface area contributed by atoms with Gasteiger partial charge in [0.25, 0.3) is 0 Å². The van der Waals surface area contributed by atoms with E-state index < -0.39 is 0 Å². The highest BCUT2D eigenvalue weighted by atomic mass is 32.2. The summed E-state index contributed by atoms with van der Waals surface area (Å²) in [7, 11) is 0. The van der Waals surface area contributed by atoms with Crippen LogP contribution in [0.4, 0.5) is 0 Å². The zero-order valence-electron chi connectivity index (χ0n) is 12.7. The second-order valence-electron chi connectivity index (χ2n) is 6.06. The molecule has 0 radical (unpaired) electrons. The van der Waals surface area contributed by atoms with Crippen molar-refractivity contribution in [2.45, 2.75) is 69.5 Å². The molecular formula is C16H23N3OS. The minimum atomic E-state index is 0.119. The fraction of sp³-hybridized carbons (Fsp3) is 0.688. The predicted octanol–water partition coefficient (Wildman–Crippen LogP) is 2.81. The van der Waals surface area contributed by atoms with Crippen LogP contribution in [0.2, 0.25) is 0 Å². The number of aryl methyl sites for hydroxylation is 2. The van der Waals surface area contributed by atoms with Gasteiger partial charge in [0.2, 0.25) is 5.91 Å². The molecule has 0 saturated heterocycles. The lowest BCUT2D eigenvalue weighted by Crippen LogP contribution is -2.37. The van der Waals surface area contributed by atoms with Crippen molar-refractivity contribution in [3.05, 3.63) is 17.0 Å². The highest BCUT2D eigenvalue weighted by Crippen LogP contribution is 2.25. The smallest absolute Gasteiger partial charge is 0.230 e. The Balaban J connectivity index is 1.52. The molecule has 5 heteroatoms. The van der Waals surface area contributed by atoms with E-state index in [1.807, 2.05) is 0 Å². The van der Waals surface area contributed by atoms with Gasteiger partial charge in [0.1, 0.15) is 0 Å². The molecule has 1 aromatic heterocycles. The van der Waals surface area contributed by atoms with Gasteiger partial charge >= 0.3 is 0 Å². The molecule has 2 aliphatic rings.